The number of likely N-dealkylation sites (N-methyl/N-ethyl adjacent to an activating group) is 2. The lowest BCUT2D eigenvalue weighted by molar-refractivity contribution is -0.136. The van der Waals surface area contributed by atoms with Gasteiger partial charge < -0.3 is 19.9 Å². The second-order valence-corrected chi connectivity index (χ2v) is 10.1. The van der Waals surface area contributed by atoms with Gasteiger partial charge in [0.2, 0.25) is 0 Å². The number of hydrogen-bond donors (Lipinski definition) is 1. The number of ether oxygens (including phenoxy) is 1. The van der Waals surface area contributed by atoms with Gasteiger partial charge in [0.25, 0.3) is 11.8 Å². The molecule has 0 saturated heterocycles. The topological polar surface area (TPSA) is 82.2 Å². The lowest BCUT2D eigenvalue weighted by Crippen LogP contribution is -2.36. The van der Waals surface area contributed by atoms with Crippen molar-refractivity contribution in [3.63, 3.8) is 0 Å². The van der Waals surface area contributed by atoms with Gasteiger partial charge in [-0.3, -0.25) is 14.5 Å². The average Bonchev–Trinajstić information content (AvgIpc) is 3.46. The van der Waals surface area contributed by atoms with Crippen LogP contribution in [0.1, 0.15) is 37.2 Å². The molecular weight excluding hydrogens is 492 g/mol. The molecule has 2 heterocycles. The van der Waals surface area contributed by atoms with Crippen molar-refractivity contribution in [1.82, 2.24) is 14.7 Å². The highest BCUT2D eigenvalue weighted by molar-refractivity contribution is 6.18. The van der Waals surface area contributed by atoms with Crippen molar-refractivity contribution < 1.29 is 19.1 Å². The van der Waals surface area contributed by atoms with E-state index >= 15 is 0 Å². The third-order valence-corrected chi connectivity index (χ3v) is 7.45. The van der Waals surface area contributed by atoms with Crippen molar-refractivity contribution in [2.45, 2.75) is 31.6 Å². The van der Waals surface area contributed by atoms with Crippen LogP contribution in [0.2, 0.25) is 0 Å². The van der Waals surface area contributed by atoms with E-state index < -0.39 is 0 Å². The molecule has 2 aromatic rings. The van der Waals surface area contributed by atoms with E-state index in [-0.39, 0.29) is 23.8 Å². The first-order chi connectivity index (χ1) is 17.9. The second-order valence-electron chi connectivity index (χ2n) is 9.78. The van der Waals surface area contributed by atoms with Gasteiger partial charge in [0.15, 0.2) is 0 Å². The molecule has 8 nitrogen and oxygen atoms in total. The number of amides is 3. The van der Waals surface area contributed by atoms with Crippen LogP contribution in [0.4, 0.5) is 10.5 Å². The van der Waals surface area contributed by atoms with Gasteiger partial charge in [-0.2, -0.15) is 0 Å². The molecule has 0 unspecified atom stereocenters. The quantitative estimate of drug-likeness (QED) is 0.250. The van der Waals surface area contributed by atoms with Crippen molar-refractivity contribution in [2.75, 3.05) is 58.0 Å². The number of nitrogens with one attached hydrogen (secondary N) is 1. The number of fused-ring (bicyclic) bond motifs is 3. The maximum Gasteiger partial charge on any atom is 0.415 e. The summed E-state index contributed by atoms with van der Waals surface area (Å²) in [6, 6.07) is 9.89. The Morgan fingerprint density at radius 1 is 1.03 bits per heavy atom. The normalized spacial score (nSPS) is 16.5. The SMILES string of the molecule is CN(CCCCCCN1C(=O)C=CC1=O)CCN(C)C(=O)Oc1cc2c(c3ccccc13)[C@H](CCl)CN2. The Morgan fingerprint density at radius 3 is 2.46 bits per heavy atom. The first-order valence-electron chi connectivity index (χ1n) is 12.9. The van der Waals surface area contributed by atoms with Gasteiger partial charge in [-0.05, 0) is 37.4 Å². The summed E-state index contributed by atoms with van der Waals surface area (Å²) in [5.74, 6) is 0.898. The number of carbonyl (C=O) groups is 3. The maximum atomic E-state index is 12.9. The van der Waals surface area contributed by atoms with Crippen LogP contribution in [-0.2, 0) is 9.59 Å². The summed E-state index contributed by atoms with van der Waals surface area (Å²) in [7, 11) is 3.79. The van der Waals surface area contributed by atoms with E-state index in [4.69, 9.17) is 16.3 Å². The van der Waals surface area contributed by atoms with Crippen LogP contribution in [0.3, 0.4) is 0 Å². The van der Waals surface area contributed by atoms with Crippen LogP contribution >= 0.6 is 11.6 Å². The van der Waals surface area contributed by atoms with E-state index in [9.17, 15) is 14.4 Å². The number of benzene rings is 2. The molecular formula is C28H35ClN4O4. The minimum absolute atomic E-state index is 0.214. The highest BCUT2D eigenvalue weighted by Gasteiger charge is 2.26. The summed E-state index contributed by atoms with van der Waals surface area (Å²) < 4.78 is 5.84. The number of hydrogen-bond acceptors (Lipinski definition) is 6. The lowest BCUT2D eigenvalue weighted by Gasteiger charge is -2.22. The molecule has 0 aromatic heterocycles. The van der Waals surface area contributed by atoms with Crippen LogP contribution in [0.5, 0.6) is 5.75 Å². The van der Waals surface area contributed by atoms with Gasteiger partial charge in [0.05, 0.1) is 0 Å². The fourth-order valence-electron chi connectivity index (χ4n) is 4.85. The molecule has 9 heteroatoms. The molecule has 198 valence electrons. The van der Waals surface area contributed by atoms with E-state index in [0.29, 0.717) is 24.7 Å². The first-order valence-corrected chi connectivity index (χ1v) is 13.4. The molecule has 0 bridgehead atoms. The van der Waals surface area contributed by atoms with E-state index in [1.165, 1.54) is 22.6 Å². The zero-order valence-electron chi connectivity index (χ0n) is 21.5. The van der Waals surface area contributed by atoms with Crippen molar-refractivity contribution >= 4 is 46.0 Å². The predicted molar refractivity (Wildman–Crippen MR) is 146 cm³/mol. The molecule has 0 fully saturated rings. The van der Waals surface area contributed by atoms with Crippen LogP contribution in [-0.4, -0.2) is 85.3 Å². The summed E-state index contributed by atoms with van der Waals surface area (Å²) in [6.07, 6.45) is 6.09. The van der Waals surface area contributed by atoms with Crippen molar-refractivity contribution in [1.29, 1.82) is 0 Å². The monoisotopic (exact) mass is 526 g/mol. The van der Waals surface area contributed by atoms with Gasteiger partial charge >= 0.3 is 6.09 Å². The molecule has 4 rings (SSSR count). The van der Waals surface area contributed by atoms with Crippen molar-refractivity contribution in [3.05, 3.63) is 48.0 Å². The smallest absolute Gasteiger partial charge is 0.409 e. The van der Waals surface area contributed by atoms with E-state index in [1.54, 1.807) is 11.9 Å². The Morgan fingerprint density at radius 2 is 1.73 bits per heavy atom. The number of halogens is 1. The molecule has 0 spiro atoms. The number of unbranched alkanes of at least 4 members (excludes halogenated alkanes) is 3. The fraction of sp³-hybridized carbons (Fsp3) is 0.464. The molecule has 2 aromatic carbocycles. The summed E-state index contributed by atoms with van der Waals surface area (Å²) in [6.45, 7) is 3.46. The van der Waals surface area contributed by atoms with Crippen LogP contribution in [0.15, 0.2) is 42.5 Å². The molecule has 37 heavy (non-hydrogen) atoms. The molecule has 1 atom stereocenters. The molecule has 3 amide bonds. The van der Waals surface area contributed by atoms with Gasteiger partial charge in [0, 0.05) is 74.3 Å². The van der Waals surface area contributed by atoms with E-state index in [0.717, 1.165) is 61.8 Å². The second kappa shape index (κ2) is 12.4. The zero-order chi connectivity index (χ0) is 26.4. The summed E-state index contributed by atoms with van der Waals surface area (Å²) in [5.41, 5.74) is 2.17. The summed E-state index contributed by atoms with van der Waals surface area (Å²) >= 11 is 6.19. The molecule has 0 aliphatic carbocycles. The Bertz CT molecular complexity index is 1170. The van der Waals surface area contributed by atoms with Crippen LogP contribution in [0, 0.1) is 0 Å². The maximum absolute atomic E-state index is 12.9. The van der Waals surface area contributed by atoms with Gasteiger partial charge in [-0.15, -0.1) is 11.6 Å². The number of carbonyl (C=O) groups excluding carboxylic acids is 3. The molecule has 2 aliphatic heterocycles. The van der Waals surface area contributed by atoms with Gasteiger partial charge in [0.1, 0.15) is 5.75 Å². The predicted octanol–water partition coefficient (Wildman–Crippen LogP) is 4.44. The lowest BCUT2D eigenvalue weighted by atomic mass is 9.95. The minimum Gasteiger partial charge on any atom is -0.409 e. The van der Waals surface area contributed by atoms with Gasteiger partial charge in [-0.25, -0.2) is 4.79 Å². The number of alkyl halides is 1. The average molecular weight is 527 g/mol. The van der Waals surface area contributed by atoms with E-state index in [1.807, 2.05) is 31.3 Å². The number of imide groups is 1. The molecule has 0 saturated carbocycles. The highest BCUT2D eigenvalue weighted by Crippen LogP contribution is 2.42. The van der Waals surface area contributed by atoms with Crippen molar-refractivity contribution in [2.24, 2.45) is 0 Å². The fourth-order valence-corrected chi connectivity index (χ4v) is 5.12. The third-order valence-electron chi connectivity index (χ3n) is 7.08. The molecule has 2 aliphatic rings. The summed E-state index contributed by atoms with van der Waals surface area (Å²) in [5, 5.41) is 5.37. The van der Waals surface area contributed by atoms with Crippen molar-refractivity contribution in [3.8, 4) is 5.75 Å². The van der Waals surface area contributed by atoms with Crippen LogP contribution in [0.25, 0.3) is 10.8 Å². The van der Waals surface area contributed by atoms with Crippen LogP contribution < -0.4 is 10.1 Å². The standard InChI is InChI=1S/C28H35ClN4O4/c1-31(13-7-3-4-8-14-33-25(34)11-12-26(33)35)15-16-32(2)28(36)37-24-17-23-27(20(18-29)19-30-23)22-10-6-5-9-21(22)24/h5-6,9-12,17,20,30H,3-4,7-8,13-16,18-19H2,1-2H3/t20-/m1/s1. The highest BCUT2D eigenvalue weighted by atomic mass is 35.5. The number of rotatable bonds is 12. The summed E-state index contributed by atoms with van der Waals surface area (Å²) in [4.78, 5) is 41.1. The van der Waals surface area contributed by atoms with Gasteiger partial charge in [-0.1, -0.05) is 37.1 Å². The third kappa shape index (κ3) is 6.43. The largest absolute Gasteiger partial charge is 0.415 e. The first kappa shape index (κ1) is 26.9. The Hall–Kier alpha value is -3.10. The van der Waals surface area contributed by atoms with E-state index in [2.05, 4.69) is 16.3 Å². The Balaban J connectivity index is 1.20. The number of anilines is 1. The molecule has 0 radical (unpaired) electrons. The Labute approximate surface area is 223 Å². The minimum atomic E-state index is -0.383. The zero-order valence-corrected chi connectivity index (χ0v) is 22.3. The number of nitrogens with zero attached hydrogens (tertiary/aromatic N) is 3. The molecule has 1 N–H and O–H groups in total. The Kier molecular flexibility index (Phi) is 9.05.